The summed E-state index contributed by atoms with van der Waals surface area (Å²) in [5.74, 6) is 0.340. The summed E-state index contributed by atoms with van der Waals surface area (Å²) >= 11 is 0. The van der Waals surface area contributed by atoms with E-state index in [2.05, 4.69) is 5.32 Å². The predicted molar refractivity (Wildman–Crippen MR) is 53.0 cm³/mol. The van der Waals surface area contributed by atoms with Gasteiger partial charge < -0.3 is 14.8 Å². The van der Waals surface area contributed by atoms with Crippen LogP contribution >= 0.6 is 0 Å². The Morgan fingerprint density at radius 1 is 1.43 bits per heavy atom. The van der Waals surface area contributed by atoms with Crippen LogP contribution in [0.15, 0.2) is 0 Å². The molecule has 0 atom stereocenters. The molecule has 0 aromatic rings. The van der Waals surface area contributed by atoms with Gasteiger partial charge in [0.05, 0.1) is 13.2 Å². The summed E-state index contributed by atoms with van der Waals surface area (Å²) in [7, 11) is 0. The fourth-order valence-electron chi connectivity index (χ4n) is 1.56. The lowest BCUT2D eigenvalue weighted by Gasteiger charge is -2.21. The quantitative estimate of drug-likeness (QED) is 0.660. The van der Waals surface area contributed by atoms with Gasteiger partial charge in [0.25, 0.3) is 0 Å². The zero-order chi connectivity index (χ0) is 10.2. The van der Waals surface area contributed by atoms with Crippen LogP contribution in [0, 0.1) is 5.92 Å². The third-order valence-electron chi connectivity index (χ3n) is 2.34. The number of ether oxygens (including phenoxy) is 2. The second kappa shape index (κ2) is 6.79. The van der Waals surface area contributed by atoms with E-state index >= 15 is 0 Å². The van der Waals surface area contributed by atoms with Crippen molar-refractivity contribution in [3.05, 3.63) is 0 Å². The third-order valence-corrected chi connectivity index (χ3v) is 2.34. The molecule has 1 rings (SSSR count). The number of piperidine rings is 1. The van der Waals surface area contributed by atoms with Gasteiger partial charge in [0, 0.05) is 0 Å². The molecular formula is C10H19NO3. The van der Waals surface area contributed by atoms with E-state index in [1.165, 1.54) is 0 Å². The van der Waals surface area contributed by atoms with Crippen molar-refractivity contribution in [3.63, 3.8) is 0 Å². The molecule has 1 aliphatic rings. The van der Waals surface area contributed by atoms with Crippen LogP contribution in [0.2, 0.25) is 0 Å². The van der Waals surface area contributed by atoms with Crippen LogP contribution < -0.4 is 5.32 Å². The lowest BCUT2D eigenvalue weighted by molar-refractivity contribution is -0.148. The second-order valence-corrected chi connectivity index (χ2v) is 3.51. The molecule has 0 aliphatic carbocycles. The Bertz CT molecular complexity index is 167. The van der Waals surface area contributed by atoms with Gasteiger partial charge in [-0.25, -0.2) is 4.79 Å². The Balaban J connectivity index is 1.99. The summed E-state index contributed by atoms with van der Waals surface area (Å²) < 4.78 is 10.0. The molecule has 82 valence electrons. The van der Waals surface area contributed by atoms with E-state index in [0.717, 1.165) is 25.9 Å². The number of hydrogen-bond donors (Lipinski definition) is 1. The maximum Gasteiger partial charge on any atom is 0.332 e. The van der Waals surface area contributed by atoms with Crippen molar-refractivity contribution < 1.29 is 14.3 Å². The van der Waals surface area contributed by atoms with E-state index in [0.29, 0.717) is 19.1 Å². The normalized spacial score (nSPS) is 18.1. The maximum absolute atomic E-state index is 10.9. The molecule has 1 fully saturated rings. The first-order chi connectivity index (χ1) is 6.83. The summed E-state index contributed by atoms with van der Waals surface area (Å²) in [6, 6.07) is 0. The van der Waals surface area contributed by atoms with Crippen LogP contribution in [0.3, 0.4) is 0 Å². The smallest absolute Gasteiger partial charge is 0.332 e. The van der Waals surface area contributed by atoms with Gasteiger partial charge in [-0.05, 0) is 38.8 Å². The molecule has 0 spiro atoms. The van der Waals surface area contributed by atoms with Crippen molar-refractivity contribution in [1.29, 1.82) is 0 Å². The third kappa shape index (κ3) is 4.58. The first-order valence-corrected chi connectivity index (χ1v) is 5.27. The highest BCUT2D eigenvalue weighted by Gasteiger charge is 2.13. The Hall–Kier alpha value is -0.610. The number of rotatable bonds is 5. The number of carbonyl (C=O) groups is 1. The first-order valence-electron chi connectivity index (χ1n) is 5.27. The minimum Gasteiger partial charge on any atom is -0.464 e. The summed E-state index contributed by atoms with van der Waals surface area (Å²) in [6.45, 7) is 5.12. The topological polar surface area (TPSA) is 47.6 Å². The second-order valence-electron chi connectivity index (χ2n) is 3.51. The molecule has 1 N–H and O–H groups in total. The molecule has 0 unspecified atom stereocenters. The summed E-state index contributed by atoms with van der Waals surface area (Å²) in [6.07, 6.45) is 2.28. The molecule has 1 aliphatic heterocycles. The van der Waals surface area contributed by atoms with Crippen molar-refractivity contribution in [2.75, 3.05) is 32.9 Å². The van der Waals surface area contributed by atoms with Crippen molar-refractivity contribution in [2.24, 2.45) is 5.92 Å². The van der Waals surface area contributed by atoms with Crippen LogP contribution in [0.1, 0.15) is 19.8 Å². The zero-order valence-corrected chi connectivity index (χ0v) is 8.75. The van der Waals surface area contributed by atoms with Crippen molar-refractivity contribution in [1.82, 2.24) is 5.32 Å². The highest BCUT2D eigenvalue weighted by atomic mass is 16.6. The van der Waals surface area contributed by atoms with Crippen LogP contribution in [0.4, 0.5) is 0 Å². The van der Waals surface area contributed by atoms with Crippen LogP contribution in [0.5, 0.6) is 0 Å². The standard InChI is InChI=1S/C10H19NO3/c1-2-14-10(12)8-13-7-9-3-5-11-6-4-9/h9,11H,2-8H2,1H3. The van der Waals surface area contributed by atoms with Crippen LogP contribution in [-0.2, 0) is 14.3 Å². The minimum absolute atomic E-state index is 0.0950. The van der Waals surface area contributed by atoms with Crippen molar-refractivity contribution in [3.8, 4) is 0 Å². The fourth-order valence-corrected chi connectivity index (χ4v) is 1.56. The van der Waals surface area contributed by atoms with Crippen LogP contribution in [-0.4, -0.2) is 38.9 Å². The molecule has 0 bridgehead atoms. The van der Waals surface area contributed by atoms with E-state index in [1.54, 1.807) is 6.92 Å². The average molecular weight is 201 g/mol. The molecule has 0 amide bonds. The van der Waals surface area contributed by atoms with Gasteiger partial charge in [-0.3, -0.25) is 0 Å². The fraction of sp³-hybridized carbons (Fsp3) is 0.900. The highest BCUT2D eigenvalue weighted by Crippen LogP contribution is 2.11. The Morgan fingerprint density at radius 2 is 2.14 bits per heavy atom. The van der Waals surface area contributed by atoms with Gasteiger partial charge in [0.1, 0.15) is 6.61 Å². The van der Waals surface area contributed by atoms with Gasteiger partial charge in [0.2, 0.25) is 0 Å². The number of nitrogens with one attached hydrogen (secondary N) is 1. The van der Waals surface area contributed by atoms with E-state index in [9.17, 15) is 4.79 Å². The molecule has 14 heavy (non-hydrogen) atoms. The average Bonchev–Trinajstić information content (AvgIpc) is 2.20. The molecular weight excluding hydrogens is 182 g/mol. The van der Waals surface area contributed by atoms with Gasteiger partial charge >= 0.3 is 5.97 Å². The Morgan fingerprint density at radius 3 is 2.79 bits per heavy atom. The van der Waals surface area contributed by atoms with Gasteiger partial charge in [-0.2, -0.15) is 0 Å². The molecule has 0 aromatic carbocycles. The minimum atomic E-state index is -0.263. The van der Waals surface area contributed by atoms with Crippen molar-refractivity contribution >= 4 is 5.97 Å². The summed E-state index contributed by atoms with van der Waals surface area (Å²) in [4.78, 5) is 10.9. The summed E-state index contributed by atoms with van der Waals surface area (Å²) in [5.41, 5.74) is 0. The first kappa shape index (κ1) is 11.5. The van der Waals surface area contributed by atoms with Crippen molar-refractivity contribution in [2.45, 2.75) is 19.8 Å². The zero-order valence-electron chi connectivity index (χ0n) is 8.75. The number of carbonyl (C=O) groups excluding carboxylic acids is 1. The lowest BCUT2D eigenvalue weighted by atomic mass is 9.99. The van der Waals surface area contributed by atoms with Gasteiger partial charge in [-0.15, -0.1) is 0 Å². The SMILES string of the molecule is CCOC(=O)COCC1CCNCC1. The molecule has 4 heteroatoms. The molecule has 1 heterocycles. The maximum atomic E-state index is 10.9. The van der Waals surface area contributed by atoms with E-state index in [4.69, 9.17) is 9.47 Å². The molecule has 4 nitrogen and oxygen atoms in total. The highest BCUT2D eigenvalue weighted by molar-refractivity contribution is 5.70. The van der Waals surface area contributed by atoms with Crippen LogP contribution in [0.25, 0.3) is 0 Å². The molecule has 0 radical (unpaired) electrons. The molecule has 0 aromatic heterocycles. The molecule has 1 saturated heterocycles. The number of hydrogen-bond acceptors (Lipinski definition) is 4. The predicted octanol–water partition coefficient (Wildman–Crippen LogP) is 0.566. The monoisotopic (exact) mass is 201 g/mol. The largest absolute Gasteiger partial charge is 0.464 e. The van der Waals surface area contributed by atoms with E-state index < -0.39 is 0 Å². The van der Waals surface area contributed by atoms with Gasteiger partial charge in [0.15, 0.2) is 0 Å². The Labute approximate surface area is 85.0 Å². The number of esters is 1. The van der Waals surface area contributed by atoms with E-state index in [-0.39, 0.29) is 12.6 Å². The van der Waals surface area contributed by atoms with E-state index in [1.807, 2.05) is 0 Å². The lowest BCUT2D eigenvalue weighted by Crippen LogP contribution is -2.30. The molecule has 0 saturated carbocycles. The summed E-state index contributed by atoms with van der Waals surface area (Å²) in [5, 5.41) is 3.29. The Kier molecular flexibility index (Phi) is 5.56. The van der Waals surface area contributed by atoms with Gasteiger partial charge in [-0.1, -0.05) is 0 Å².